The number of nitrogens with zero attached hydrogens (tertiary/aromatic N) is 2. The molecule has 11 heteroatoms. The summed E-state index contributed by atoms with van der Waals surface area (Å²) in [6.07, 6.45) is 6.95. The Bertz CT molecular complexity index is 1370. The Balaban J connectivity index is 1.38. The Kier molecular flexibility index (Phi) is 10.6. The van der Waals surface area contributed by atoms with Crippen LogP contribution in [0, 0.1) is 0 Å². The number of unbranched alkanes of at least 4 members (excludes halogenated alkanes) is 2. The fraction of sp³-hybridized carbons (Fsp3) is 0.379. The van der Waals surface area contributed by atoms with Gasteiger partial charge >= 0.3 is 11.9 Å². The standard InChI is InChI=1S/C29H35N3O7S/c1-29(2,3)39-26(33)8-6-4-5-7-21-9-11-22(12-10-21)17-18-38-24-13-15-25(16-14-24)40(36,37)32-28-30-19-23(20-31-28)27(34)35/h9-16,19-20H,4-8,17-18H2,1-3H3,(H,34,35)(H,30,31,32). The average molecular weight is 570 g/mol. The van der Waals surface area contributed by atoms with Crippen LogP contribution in [0.3, 0.4) is 0 Å². The monoisotopic (exact) mass is 569 g/mol. The molecule has 0 aliphatic rings. The average Bonchev–Trinajstić information content (AvgIpc) is 2.89. The number of esters is 1. The van der Waals surface area contributed by atoms with Crippen LogP contribution in [0.15, 0.2) is 65.8 Å². The number of carboxylic acid groups (broad SMARTS) is 1. The van der Waals surface area contributed by atoms with Crippen LogP contribution in [0.25, 0.3) is 0 Å². The third-order valence-electron chi connectivity index (χ3n) is 5.71. The van der Waals surface area contributed by atoms with E-state index in [-0.39, 0.29) is 22.4 Å². The minimum Gasteiger partial charge on any atom is -0.493 e. The molecule has 0 radical (unpaired) electrons. The van der Waals surface area contributed by atoms with Crippen LogP contribution in [-0.4, -0.2) is 47.6 Å². The Labute approximate surface area is 234 Å². The molecule has 0 unspecified atom stereocenters. The van der Waals surface area contributed by atoms with Gasteiger partial charge in [0.05, 0.1) is 17.1 Å². The van der Waals surface area contributed by atoms with Crippen LogP contribution >= 0.6 is 0 Å². The molecule has 0 aliphatic heterocycles. The van der Waals surface area contributed by atoms with E-state index >= 15 is 0 Å². The van der Waals surface area contributed by atoms with Gasteiger partial charge < -0.3 is 14.6 Å². The molecule has 0 fully saturated rings. The first-order valence-corrected chi connectivity index (χ1v) is 14.5. The summed E-state index contributed by atoms with van der Waals surface area (Å²) in [5.74, 6) is -1.05. The second-order valence-corrected chi connectivity index (χ2v) is 11.9. The van der Waals surface area contributed by atoms with Crippen LogP contribution in [0.4, 0.5) is 5.95 Å². The van der Waals surface area contributed by atoms with E-state index in [2.05, 4.69) is 39.0 Å². The van der Waals surface area contributed by atoms with Gasteiger partial charge in [-0.3, -0.25) is 4.79 Å². The number of ether oxygens (including phenoxy) is 2. The number of carbonyl (C=O) groups is 2. The van der Waals surface area contributed by atoms with Gasteiger partial charge in [-0.25, -0.2) is 27.9 Å². The van der Waals surface area contributed by atoms with Gasteiger partial charge in [-0.2, -0.15) is 0 Å². The molecule has 0 saturated heterocycles. The number of anilines is 1. The topological polar surface area (TPSA) is 145 Å². The number of carbonyl (C=O) groups excluding carboxylic acids is 1. The van der Waals surface area contributed by atoms with Gasteiger partial charge in [-0.1, -0.05) is 30.7 Å². The molecule has 1 aromatic heterocycles. The van der Waals surface area contributed by atoms with Crippen molar-refractivity contribution in [2.45, 2.75) is 69.8 Å². The fourth-order valence-corrected chi connectivity index (χ4v) is 4.67. The number of aryl methyl sites for hydroxylation is 1. The van der Waals surface area contributed by atoms with Gasteiger partial charge in [0.25, 0.3) is 10.0 Å². The van der Waals surface area contributed by atoms with Crippen LogP contribution < -0.4 is 9.46 Å². The molecular weight excluding hydrogens is 534 g/mol. The van der Waals surface area contributed by atoms with E-state index in [0.29, 0.717) is 25.2 Å². The highest BCUT2D eigenvalue weighted by Gasteiger charge is 2.17. The highest BCUT2D eigenvalue weighted by Crippen LogP contribution is 2.19. The zero-order valence-electron chi connectivity index (χ0n) is 22.9. The quantitative estimate of drug-likeness (QED) is 0.201. The van der Waals surface area contributed by atoms with Crippen LogP contribution in [0.2, 0.25) is 0 Å². The number of sulfonamides is 1. The number of hydrogen-bond donors (Lipinski definition) is 2. The highest BCUT2D eigenvalue weighted by atomic mass is 32.2. The first-order chi connectivity index (χ1) is 18.9. The third kappa shape index (κ3) is 10.3. The maximum Gasteiger partial charge on any atom is 0.338 e. The van der Waals surface area contributed by atoms with Gasteiger partial charge in [0.1, 0.15) is 11.4 Å². The number of aromatic carboxylic acids is 1. The van der Waals surface area contributed by atoms with E-state index in [0.717, 1.165) is 43.6 Å². The van der Waals surface area contributed by atoms with Crippen molar-refractivity contribution in [3.05, 3.63) is 77.6 Å². The molecule has 0 spiro atoms. The molecule has 2 aromatic carbocycles. The summed E-state index contributed by atoms with van der Waals surface area (Å²) in [6, 6.07) is 14.3. The van der Waals surface area contributed by atoms with Gasteiger partial charge in [-0.05, 0) is 75.4 Å². The van der Waals surface area contributed by atoms with Crippen molar-refractivity contribution >= 4 is 27.9 Å². The molecule has 2 N–H and O–H groups in total. The third-order valence-corrected chi connectivity index (χ3v) is 7.05. The first-order valence-electron chi connectivity index (χ1n) is 13.0. The Hall–Kier alpha value is -3.99. The maximum absolute atomic E-state index is 12.6. The summed E-state index contributed by atoms with van der Waals surface area (Å²) in [5.41, 5.74) is 1.79. The molecule has 0 aliphatic carbocycles. The lowest BCUT2D eigenvalue weighted by atomic mass is 10.0. The maximum atomic E-state index is 12.6. The van der Waals surface area contributed by atoms with E-state index in [1.807, 2.05) is 20.8 Å². The van der Waals surface area contributed by atoms with E-state index in [1.54, 1.807) is 12.1 Å². The second kappa shape index (κ2) is 13.9. The van der Waals surface area contributed by atoms with Crippen molar-refractivity contribution in [1.82, 2.24) is 9.97 Å². The Morgan fingerprint density at radius 2 is 1.48 bits per heavy atom. The molecule has 0 amide bonds. The lowest BCUT2D eigenvalue weighted by Crippen LogP contribution is -2.23. The molecule has 214 valence electrons. The van der Waals surface area contributed by atoms with Gasteiger partial charge in [-0.15, -0.1) is 0 Å². The van der Waals surface area contributed by atoms with Gasteiger partial charge in [0, 0.05) is 25.2 Å². The van der Waals surface area contributed by atoms with Crippen molar-refractivity contribution in [2.24, 2.45) is 0 Å². The molecule has 3 aromatic rings. The SMILES string of the molecule is CC(C)(C)OC(=O)CCCCCc1ccc(CCOc2ccc(S(=O)(=O)Nc3ncc(C(=O)O)cn3)cc2)cc1. The lowest BCUT2D eigenvalue weighted by molar-refractivity contribution is -0.154. The summed E-state index contributed by atoms with van der Waals surface area (Å²) < 4.78 is 38.4. The predicted molar refractivity (Wildman–Crippen MR) is 150 cm³/mol. The summed E-state index contributed by atoms with van der Waals surface area (Å²) in [4.78, 5) is 30.1. The van der Waals surface area contributed by atoms with E-state index < -0.39 is 21.6 Å². The number of aromatic nitrogens is 2. The summed E-state index contributed by atoms with van der Waals surface area (Å²) in [5, 5.41) is 8.89. The zero-order chi connectivity index (χ0) is 29.2. The largest absolute Gasteiger partial charge is 0.493 e. The molecule has 40 heavy (non-hydrogen) atoms. The highest BCUT2D eigenvalue weighted by molar-refractivity contribution is 7.92. The van der Waals surface area contributed by atoms with Crippen molar-refractivity contribution in [3.8, 4) is 5.75 Å². The van der Waals surface area contributed by atoms with Crippen molar-refractivity contribution < 1.29 is 32.6 Å². The normalized spacial score (nSPS) is 11.6. The van der Waals surface area contributed by atoms with Crippen LogP contribution in [-0.2, 0) is 32.4 Å². The van der Waals surface area contributed by atoms with Crippen molar-refractivity contribution in [1.29, 1.82) is 0 Å². The number of benzene rings is 2. The molecule has 3 rings (SSSR count). The van der Waals surface area contributed by atoms with Crippen LogP contribution in [0.5, 0.6) is 5.75 Å². The zero-order valence-corrected chi connectivity index (χ0v) is 23.7. The molecular formula is C29H35N3O7S. The van der Waals surface area contributed by atoms with Crippen molar-refractivity contribution in [3.63, 3.8) is 0 Å². The number of hydrogen-bond acceptors (Lipinski definition) is 8. The van der Waals surface area contributed by atoms with Gasteiger partial charge in [0.15, 0.2) is 0 Å². The summed E-state index contributed by atoms with van der Waals surface area (Å²) in [7, 11) is -3.95. The fourth-order valence-electron chi connectivity index (χ4n) is 3.71. The molecule has 0 bridgehead atoms. The second-order valence-electron chi connectivity index (χ2n) is 10.2. The lowest BCUT2D eigenvalue weighted by Gasteiger charge is -2.19. The minimum atomic E-state index is -3.95. The van der Waals surface area contributed by atoms with E-state index in [4.69, 9.17) is 14.6 Å². The summed E-state index contributed by atoms with van der Waals surface area (Å²) >= 11 is 0. The number of rotatable bonds is 14. The van der Waals surface area contributed by atoms with Gasteiger partial charge in [0.2, 0.25) is 5.95 Å². The Morgan fingerprint density at radius 3 is 2.05 bits per heavy atom. The molecule has 1 heterocycles. The molecule has 0 atom stereocenters. The van der Waals surface area contributed by atoms with Crippen LogP contribution in [0.1, 0.15) is 67.9 Å². The number of nitrogens with one attached hydrogen (secondary N) is 1. The predicted octanol–water partition coefficient (Wildman–Crippen LogP) is 5.04. The van der Waals surface area contributed by atoms with Crippen molar-refractivity contribution in [2.75, 3.05) is 11.3 Å². The van der Waals surface area contributed by atoms with E-state index in [1.165, 1.54) is 17.7 Å². The van der Waals surface area contributed by atoms with E-state index in [9.17, 15) is 18.0 Å². The molecule has 10 nitrogen and oxygen atoms in total. The first kappa shape index (κ1) is 30.6. The molecule has 0 saturated carbocycles. The minimum absolute atomic E-state index is 0.00816. The summed E-state index contributed by atoms with van der Waals surface area (Å²) in [6.45, 7) is 6.05. The Morgan fingerprint density at radius 1 is 0.875 bits per heavy atom. The smallest absolute Gasteiger partial charge is 0.338 e. The number of carboxylic acids is 1.